The maximum absolute atomic E-state index is 12.3. The molecule has 144 valence electrons. The van der Waals surface area contributed by atoms with Crippen molar-refractivity contribution in [3.63, 3.8) is 0 Å². The summed E-state index contributed by atoms with van der Waals surface area (Å²) in [5.41, 5.74) is 2.73. The van der Waals surface area contributed by atoms with E-state index in [9.17, 15) is 9.59 Å². The SMILES string of the molecule is COc1ccc(C(=O)NCC(=O)Nc2cccc(-c3ccn[nH]3)c2)cc1OC. The minimum atomic E-state index is -0.387. The normalized spacial score (nSPS) is 10.2. The highest BCUT2D eigenvalue weighted by atomic mass is 16.5. The fraction of sp³-hybridized carbons (Fsp3) is 0.150. The molecular formula is C20H20N4O4. The number of hydrogen-bond acceptors (Lipinski definition) is 5. The van der Waals surface area contributed by atoms with Crippen LogP contribution in [-0.2, 0) is 4.79 Å². The predicted octanol–water partition coefficient (Wildman–Crippen LogP) is 2.46. The second kappa shape index (κ2) is 8.72. The molecule has 0 saturated carbocycles. The minimum Gasteiger partial charge on any atom is -0.493 e. The number of aromatic amines is 1. The molecule has 0 fully saturated rings. The molecule has 3 aromatic rings. The molecule has 2 aromatic carbocycles. The summed E-state index contributed by atoms with van der Waals surface area (Å²) in [5, 5.41) is 12.1. The lowest BCUT2D eigenvalue weighted by Gasteiger charge is -2.10. The van der Waals surface area contributed by atoms with Gasteiger partial charge in [0.15, 0.2) is 11.5 Å². The van der Waals surface area contributed by atoms with Crippen molar-refractivity contribution in [3.05, 3.63) is 60.3 Å². The van der Waals surface area contributed by atoms with Gasteiger partial charge in [0.2, 0.25) is 5.91 Å². The van der Waals surface area contributed by atoms with Crippen LogP contribution in [0.15, 0.2) is 54.7 Å². The molecule has 3 N–H and O–H groups in total. The highest BCUT2D eigenvalue weighted by Crippen LogP contribution is 2.27. The average Bonchev–Trinajstić information content (AvgIpc) is 3.26. The lowest BCUT2D eigenvalue weighted by Crippen LogP contribution is -2.32. The van der Waals surface area contributed by atoms with E-state index in [1.165, 1.54) is 14.2 Å². The van der Waals surface area contributed by atoms with E-state index >= 15 is 0 Å². The first-order valence-electron chi connectivity index (χ1n) is 8.50. The molecule has 0 saturated heterocycles. The molecule has 28 heavy (non-hydrogen) atoms. The summed E-state index contributed by atoms with van der Waals surface area (Å²) in [7, 11) is 3.01. The molecule has 3 rings (SSSR count). The Labute approximate surface area is 161 Å². The fourth-order valence-electron chi connectivity index (χ4n) is 2.63. The van der Waals surface area contributed by atoms with Crippen LogP contribution in [0.1, 0.15) is 10.4 Å². The van der Waals surface area contributed by atoms with E-state index in [1.807, 2.05) is 24.3 Å². The summed E-state index contributed by atoms with van der Waals surface area (Å²) >= 11 is 0. The number of carbonyl (C=O) groups is 2. The average molecular weight is 380 g/mol. The largest absolute Gasteiger partial charge is 0.493 e. The first-order valence-corrected chi connectivity index (χ1v) is 8.50. The minimum absolute atomic E-state index is 0.165. The Hall–Kier alpha value is -3.81. The molecular weight excluding hydrogens is 360 g/mol. The molecule has 2 amide bonds. The quantitative estimate of drug-likeness (QED) is 0.584. The predicted molar refractivity (Wildman–Crippen MR) is 105 cm³/mol. The second-order valence-corrected chi connectivity index (χ2v) is 5.85. The van der Waals surface area contributed by atoms with E-state index in [4.69, 9.17) is 9.47 Å². The second-order valence-electron chi connectivity index (χ2n) is 5.85. The van der Waals surface area contributed by atoms with Gasteiger partial charge < -0.3 is 20.1 Å². The smallest absolute Gasteiger partial charge is 0.251 e. The van der Waals surface area contributed by atoms with Gasteiger partial charge in [0.25, 0.3) is 5.91 Å². The third-order valence-electron chi connectivity index (χ3n) is 4.01. The molecule has 0 spiro atoms. The highest BCUT2D eigenvalue weighted by Gasteiger charge is 2.12. The molecule has 8 heteroatoms. The van der Waals surface area contributed by atoms with Crippen molar-refractivity contribution >= 4 is 17.5 Å². The van der Waals surface area contributed by atoms with Crippen LogP contribution in [0.3, 0.4) is 0 Å². The molecule has 0 unspecified atom stereocenters. The lowest BCUT2D eigenvalue weighted by molar-refractivity contribution is -0.115. The van der Waals surface area contributed by atoms with Crippen LogP contribution in [0.4, 0.5) is 5.69 Å². The first kappa shape index (κ1) is 19.0. The van der Waals surface area contributed by atoms with Crippen molar-refractivity contribution in [3.8, 4) is 22.8 Å². The number of nitrogens with one attached hydrogen (secondary N) is 3. The number of carbonyl (C=O) groups excluding carboxylic acids is 2. The number of benzene rings is 2. The van der Waals surface area contributed by atoms with Gasteiger partial charge in [0.05, 0.1) is 26.5 Å². The maximum atomic E-state index is 12.3. The van der Waals surface area contributed by atoms with E-state index in [0.717, 1.165) is 11.3 Å². The van der Waals surface area contributed by atoms with Crippen LogP contribution in [0.5, 0.6) is 11.5 Å². The van der Waals surface area contributed by atoms with Crippen LogP contribution < -0.4 is 20.1 Å². The standard InChI is InChI=1S/C20H20N4O4/c1-27-17-7-6-14(11-18(17)28-2)20(26)21-12-19(25)23-15-5-3-4-13(10-15)16-8-9-22-24-16/h3-11H,12H2,1-2H3,(H,21,26)(H,22,24)(H,23,25). The van der Waals surface area contributed by atoms with E-state index in [1.54, 1.807) is 30.5 Å². The molecule has 1 aromatic heterocycles. The van der Waals surface area contributed by atoms with Crippen LogP contribution in [0.25, 0.3) is 11.3 Å². The zero-order valence-corrected chi connectivity index (χ0v) is 15.5. The van der Waals surface area contributed by atoms with Gasteiger partial charge in [0, 0.05) is 23.0 Å². The molecule has 0 atom stereocenters. The van der Waals surface area contributed by atoms with Crippen LogP contribution in [-0.4, -0.2) is 42.8 Å². The molecule has 0 aliphatic heterocycles. The number of amides is 2. The Kier molecular flexibility index (Phi) is 5.91. The third kappa shape index (κ3) is 4.47. The molecule has 0 radical (unpaired) electrons. The van der Waals surface area contributed by atoms with Crippen molar-refractivity contribution in [1.82, 2.24) is 15.5 Å². The summed E-state index contributed by atoms with van der Waals surface area (Å²) in [4.78, 5) is 24.5. The zero-order chi connectivity index (χ0) is 19.9. The summed E-state index contributed by atoms with van der Waals surface area (Å²) in [6.07, 6.45) is 1.66. The number of ether oxygens (including phenoxy) is 2. The molecule has 0 bridgehead atoms. The molecule has 0 aliphatic carbocycles. The van der Waals surface area contributed by atoms with Crippen molar-refractivity contribution in [1.29, 1.82) is 0 Å². The summed E-state index contributed by atoms with van der Waals surface area (Å²) in [5.74, 6) is 0.238. The highest BCUT2D eigenvalue weighted by molar-refractivity contribution is 5.99. The number of rotatable bonds is 7. The van der Waals surface area contributed by atoms with Gasteiger partial charge in [-0.25, -0.2) is 0 Å². The van der Waals surface area contributed by atoms with E-state index in [-0.39, 0.29) is 18.4 Å². The van der Waals surface area contributed by atoms with Crippen LogP contribution in [0, 0.1) is 0 Å². The number of H-pyrrole nitrogens is 1. The lowest BCUT2D eigenvalue weighted by atomic mass is 10.1. The summed E-state index contributed by atoms with van der Waals surface area (Å²) in [6, 6.07) is 14.0. The summed E-state index contributed by atoms with van der Waals surface area (Å²) in [6.45, 7) is -0.165. The monoisotopic (exact) mass is 380 g/mol. The van der Waals surface area contributed by atoms with Crippen LogP contribution in [0.2, 0.25) is 0 Å². The number of methoxy groups -OCH3 is 2. The fourth-order valence-corrected chi connectivity index (χ4v) is 2.63. The summed E-state index contributed by atoms with van der Waals surface area (Å²) < 4.78 is 10.3. The van der Waals surface area contributed by atoms with Gasteiger partial charge in [-0.15, -0.1) is 0 Å². The Morgan fingerprint density at radius 2 is 1.86 bits per heavy atom. The van der Waals surface area contributed by atoms with Gasteiger partial charge in [-0.2, -0.15) is 5.10 Å². The van der Waals surface area contributed by atoms with Crippen molar-refractivity contribution < 1.29 is 19.1 Å². The topological polar surface area (TPSA) is 105 Å². The van der Waals surface area contributed by atoms with Crippen molar-refractivity contribution in [2.75, 3.05) is 26.1 Å². The molecule has 0 aliphatic rings. The van der Waals surface area contributed by atoms with Gasteiger partial charge in [0.1, 0.15) is 0 Å². The maximum Gasteiger partial charge on any atom is 0.251 e. The van der Waals surface area contributed by atoms with Gasteiger partial charge >= 0.3 is 0 Å². The van der Waals surface area contributed by atoms with Gasteiger partial charge in [-0.1, -0.05) is 12.1 Å². The van der Waals surface area contributed by atoms with E-state index in [0.29, 0.717) is 22.7 Å². The number of aromatic nitrogens is 2. The van der Waals surface area contributed by atoms with E-state index in [2.05, 4.69) is 20.8 Å². The number of hydrogen-bond donors (Lipinski definition) is 3. The first-order chi connectivity index (χ1) is 13.6. The van der Waals surface area contributed by atoms with E-state index < -0.39 is 0 Å². The molecule has 8 nitrogen and oxygen atoms in total. The van der Waals surface area contributed by atoms with Gasteiger partial charge in [-0.3, -0.25) is 14.7 Å². The van der Waals surface area contributed by atoms with Crippen LogP contribution >= 0.6 is 0 Å². The Balaban J connectivity index is 1.59. The molecule has 1 heterocycles. The van der Waals surface area contributed by atoms with Crippen molar-refractivity contribution in [2.45, 2.75) is 0 Å². The Morgan fingerprint density at radius 1 is 1.04 bits per heavy atom. The number of nitrogens with zero attached hydrogens (tertiary/aromatic N) is 1. The Morgan fingerprint density at radius 3 is 2.57 bits per heavy atom. The zero-order valence-electron chi connectivity index (χ0n) is 15.5. The number of anilines is 1. The Bertz CT molecular complexity index is 970. The van der Waals surface area contributed by atoms with Crippen molar-refractivity contribution in [2.24, 2.45) is 0 Å². The van der Waals surface area contributed by atoms with Gasteiger partial charge in [-0.05, 0) is 36.4 Å². The third-order valence-corrected chi connectivity index (χ3v) is 4.01.